The van der Waals surface area contributed by atoms with Gasteiger partial charge in [-0.1, -0.05) is 91.0 Å². The summed E-state index contributed by atoms with van der Waals surface area (Å²) < 4.78 is 0. The highest BCUT2D eigenvalue weighted by atomic mass is 32.1. The average Bonchev–Trinajstić information content (AvgIpc) is 1.69. The van der Waals surface area contributed by atoms with Crippen molar-refractivity contribution in [2.75, 3.05) is 98.2 Å². The molecule has 6 amide bonds. The van der Waals surface area contributed by atoms with E-state index in [4.69, 9.17) is 17.3 Å². The molecule has 90 heavy (non-hydrogen) atoms. The molecule has 30 nitrogen and oxygen atoms in total. The lowest BCUT2D eigenvalue weighted by molar-refractivity contribution is -0.141. The van der Waals surface area contributed by atoms with Crippen LogP contribution in [0.1, 0.15) is 48.8 Å². The predicted molar refractivity (Wildman–Crippen MR) is 326 cm³/mol. The van der Waals surface area contributed by atoms with Crippen LogP contribution in [0.5, 0.6) is 0 Å². The van der Waals surface area contributed by atoms with Crippen molar-refractivity contribution < 1.29 is 88.2 Å². The minimum atomic E-state index is -1.49. The van der Waals surface area contributed by atoms with Crippen LogP contribution in [0.25, 0.3) is 0 Å². The SMILES string of the molecule is O=C(O)CC[C@H](NC(=S)N[C@@H](CCC(=O)N[C@@H](Cc1ccccc1)C(=O)NCCNC(=O)CNC(=O)[C@H](CCc1ccccc1)NC(=O)[C@H](Cc1ccccc1)NC(=O)CN1CCN(CC(=O)O)CCN(CC(=O)O)CCN(CC(=O)O)CC1)C(=O)O)C(=O)O. The molecule has 0 unspecified atom stereocenters. The number of benzene rings is 3. The van der Waals surface area contributed by atoms with Crippen molar-refractivity contribution in [1.82, 2.24) is 62.1 Å². The van der Waals surface area contributed by atoms with Crippen molar-refractivity contribution in [3.63, 3.8) is 0 Å². The number of aryl methyl sites for hydroxylation is 1. The van der Waals surface area contributed by atoms with Gasteiger partial charge in [-0.15, -0.1) is 0 Å². The molecule has 490 valence electrons. The number of amides is 6. The number of rotatable bonds is 36. The number of hydrogen-bond acceptors (Lipinski definition) is 17. The fraction of sp³-hybridized carbons (Fsp3) is 0.475. The van der Waals surface area contributed by atoms with Crippen LogP contribution in [-0.2, 0) is 76.8 Å². The average molecular weight is 1280 g/mol. The second-order valence-corrected chi connectivity index (χ2v) is 21.6. The molecular formula is C59H80N12O18S. The van der Waals surface area contributed by atoms with Crippen LogP contribution in [0.3, 0.4) is 0 Å². The molecule has 3 aromatic rings. The molecule has 1 aliphatic rings. The maximum absolute atomic E-state index is 14.4. The normalized spacial score (nSPS) is 15.2. The summed E-state index contributed by atoms with van der Waals surface area (Å²) in [5, 5.41) is 77.4. The van der Waals surface area contributed by atoms with Gasteiger partial charge in [-0.05, 0) is 54.6 Å². The van der Waals surface area contributed by atoms with E-state index < -0.39 is 126 Å². The van der Waals surface area contributed by atoms with Crippen LogP contribution in [-0.4, -0.2) is 255 Å². The Morgan fingerprint density at radius 1 is 0.378 bits per heavy atom. The molecule has 3 aromatic carbocycles. The highest BCUT2D eigenvalue weighted by Gasteiger charge is 2.30. The Morgan fingerprint density at radius 2 is 0.767 bits per heavy atom. The lowest BCUT2D eigenvalue weighted by atomic mass is 10.0. The van der Waals surface area contributed by atoms with Crippen LogP contribution < -0.4 is 42.5 Å². The molecule has 0 saturated carbocycles. The molecule has 1 heterocycles. The van der Waals surface area contributed by atoms with E-state index in [-0.39, 0.29) is 124 Å². The van der Waals surface area contributed by atoms with E-state index in [0.29, 0.717) is 17.5 Å². The van der Waals surface area contributed by atoms with E-state index in [1.54, 1.807) is 92.4 Å². The molecule has 4 rings (SSSR count). The van der Waals surface area contributed by atoms with E-state index in [1.165, 1.54) is 0 Å². The number of nitrogens with one attached hydrogen (secondary N) is 8. The number of carboxylic acids is 6. The van der Waals surface area contributed by atoms with Gasteiger partial charge in [0.15, 0.2) is 5.11 Å². The zero-order valence-electron chi connectivity index (χ0n) is 49.6. The highest BCUT2D eigenvalue weighted by Crippen LogP contribution is 2.11. The number of carbonyl (C=O) groups is 12. The summed E-state index contributed by atoms with van der Waals surface area (Å²) in [6.45, 7) is -1.05. The minimum Gasteiger partial charge on any atom is -0.481 e. The molecule has 0 radical (unpaired) electrons. The molecule has 1 saturated heterocycles. The summed E-state index contributed by atoms with van der Waals surface area (Å²) in [7, 11) is 0. The molecule has 0 bridgehead atoms. The summed E-state index contributed by atoms with van der Waals surface area (Å²) >= 11 is 5.07. The first-order valence-corrected chi connectivity index (χ1v) is 29.5. The Kier molecular flexibility index (Phi) is 32.3. The van der Waals surface area contributed by atoms with E-state index in [9.17, 15) is 83.1 Å². The number of carbonyl (C=O) groups excluding carboxylic acids is 6. The first-order valence-electron chi connectivity index (χ1n) is 29.0. The third kappa shape index (κ3) is 30.2. The van der Waals surface area contributed by atoms with Crippen LogP contribution in [0.4, 0.5) is 0 Å². The minimum absolute atomic E-state index is 0.00543. The quantitative estimate of drug-likeness (QED) is 0.0210. The first kappa shape index (κ1) is 73.3. The van der Waals surface area contributed by atoms with Gasteiger partial charge in [0.1, 0.15) is 30.2 Å². The van der Waals surface area contributed by atoms with Crippen molar-refractivity contribution >= 4 is 88.6 Å². The van der Waals surface area contributed by atoms with Gasteiger partial charge >= 0.3 is 35.8 Å². The molecule has 31 heteroatoms. The molecular weight excluding hydrogens is 1200 g/mol. The lowest BCUT2D eigenvalue weighted by Gasteiger charge is -2.33. The van der Waals surface area contributed by atoms with Crippen molar-refractivity contribution in [1.29, 1.82) is 0 Å². The standard InChI is InChI=1S/C59H80N12O18S/c72-47(20-18-43(57(86)87)66-59(90)67-44(58(88)89)19-21-50(75)76)63-45(32-40-12-6-2-7-13-40)55(84)61-23-22-60-48(73)34-62-54(83)42(17-16-39-10-4-1-5-11-39)65-56(85)46(33-41-14-8-3-9-15-41)64-49(74)35-68-24-26-69(36-51(77)78)28-30-71(38-53(81)82)31-29-70(27-25-68)37-52(79)80/h1-15,42-46H,16-38H2,(H,60,73)(H,61,84)(H,62,83)(H,63,72)(H,64,74)(H,65,85)(H,75,76)(H,77,78)(H,79,80)(H,81,82)(H,86,87)(H,88,89)(H2,66,67,90)/t42-,43-,44-,45-,46-/m0/s1. The fourth-order valence-corrected chi connectivity index (χ4v) is 9.67. The van der Waals surface area contributed by atoms with Crippen molar-refractivity contribution in [3.8, 4) is 0 Å². The second-order valence-electron chi connectivity index (χ2n) is 21.2. The molecule has 1 aliphatic heterocycles. The summed E-state index contributed by atoms with van der Waals surface area (Å²) in [4.78, 5) is 159. The number of carboxylic acid groups (broad SMARTS) is 6. The van der Waals surface area contributed by atoms with Crippen molar-refractivity contribution in [3.05, 3.63) is 108 Å². The molecule has 5 atom stereocenters. The van der Waals surface area contributed by atoms with E-state index in [2.05, 4.69) is 42.5 Å². The summed E-state index contributed by atoms with van der Waals surface area (Å²) in [6.07, 6.45) is -1.33. The third-order valence-electron chi connectivity index (χ3n) is 14.1. The number of hydrogen-bond donors (Lipinski definition) is 14. The van der Waals surface area contributed by atoms with Crippen LogP contribution >= 0.6 is 12.2 Å². The molecule has 0 aromatic heterocycles. The fourth-order valence-electron chi connectivity index (χ4n) is 9.39. The summed E-state index contributed by atoms with van der Waals surface area (Å²) in [5.74, 6) is -11.6. The van der Waals surface area contributed by atoms with Gasteiger partial charge in [0, 0.05) is 91.1 Å². The van der Waals surface area contributed by atoms with Gasteiger partial charge in [0.25, 0.3) is 0 Å². The van der Waals surface area contributed by atoms with Gasteiger partial charge in [-0.3, -0.25) is 67.5 Å². The Balaban J connectivity index is 1.40. The number of aliphatic carboxylic acids is 6. The smallest absolute Gasteiger partial charge is 0.326 e. The van der Waals surface area contributed by atoms with Gasteiger partial charge in [-0.2, -0.15) is 0 Å². The van der Waals surface area contributed by atoms with Crippen LogP contribution in [0, 0.1) is 0 Å². The Morgan fingerprint density at radius 3 is 1.20 bits per heavy atom. The van der Waals surface area contributed by atoms with Gasteiger partial charge < -0.3 is 73.2 Å². The van der Waals surface area contributed by atoms with Gasteiger partial charge in [0.05, 0.1) is 32.7 Å². The van der Waals surface area contributed by atoms with Crippen molar-refractivity contribution in [2.24, 2.45) is 0 Å². The van der Waals surface area contributed by atoms with E-state index in [0.717, 1.165) is 5.56 Å². The zero-order valence-corrected chi connectivity index (χ0v) is 50.4. The van der Waals surface area contributed by atoms with Crippen LogP contribution in [0.15, 0.2) is 91.0 Å². The molecule has 0 spiro atoms. The van der Waals surface area contributed by atoms with E-state index >= 15 is 0 Å². The monoisotopic (exact) mass is 1280 g/mol. The Hall–Kier alpha value is -9.17. The Labute approximate surface area is 524 Å². The van der Waals surface area contributed by atoms with Gasteiger partial charge in [-0.25, -0.2) is 9.59 Å². The number of thiocarbonyl (C=S) groups is 1. The largest absolute Gasteiger partial charge is 0.481 e. The molecule has 1 fully saturated rings. The third-order valence-corrected chi connectivity index (χ3v) is 14.4. The second kappa shape index (κ2) is 39.7. The van der Waals surface area contributed by atoms with E-state index in [1.807, 2.05) is 18.2 Å². The first-order chi connectivity index (χ1) is 42.9. The maximum Gasteiger partial charge on any atom is 0.326 e. The highest BCUT2D eigenvalue weighted by molar-refractivity contribution is 7.80. The topological polar surface area (TPSA) is 435 Å². The zero-order chi connectivity index (χ0) is 66.0. The van der Waals surface area contributed by atoms with Crippen molar-refractivity contribution in [2.45, 2.75) is 81.6 Å². The summed E-state index contributed by atoms with van der Waals surface area (Å²) in [6, 6.07) is 19.8. The summed E-state index contributed by atoms with van der Waals surface area (Å²) in [5.41, 5.74) is 2.14. The van der Waals surface area contributed by atoms with Gasteiger partial charge in [0.2, 0.25) is 35.4 Å². The molecule has 0 aliphatic carbocycles. The lowest BCUT2D eigenvalue weighted by Crippen LogP contribution is -2.56. The predicted octanol–water partition coefficient (Wildman–Crippen LogP) is -2.60. The molecule has 14 N–H and O–H groups in total. The van der Waals surface area contributed by atoms with Crippen LogP contribution in [0.2, 0.25) is 0 Å². The Bertz CT molecular complexity index is 2870. The maximum atomic E-state index is 14.4. The number of nitrogens with zero attached hydrogens (tertiary/aromatic N) is 4.